The zero-order chi connectivity index (χ0) is 37.3. The summed E-state index contributed by atoms with van der Waals surface area (Å²) in [5, 5.41) is 5.29. The van der Waals surface area contributed by atoms with E-state index < -0.39 is 0 Å². The Bertz CT molecular complexity index is 2980. The maximum atomic E-state index is 2.63. The molecule has 266 valence electrons. The second-order valence-electron chi connectivity index (χ2n) is 17.1. The van der Waals surface area contributed by atoms with Crippen molar-refractivity contribution in [3.05, 3.63) is 186 Å². The molecule has 7 aromatic carbocycles. The number of benzene rings is 7. The highest BCUT2D eigenvalue weighted by atomic mass is 32.1. The molecule has 0 fully saturated rings. The first kappa shape index (κ1) is 32.7. The standard InChI is InChI=1S/C53H43NS/c1-51(2)45-25-22-35(31-43(45)49-46(51)26-24-42-41-17-9-11-20-48(41)55-50(42)49)54(36-21-23-40-39-16-8-10-19-44(39)52(3,4)47(40)32-36)53(5)29-27-34(28-30-53)38-18-12-14-33-13-6-7-15-37(33)38/h6-29,31-32H,30H2,1-5H3/t53-/m0/s1. The van der Waals surface area contributed by atoms with Gasteiger partial charge in [-0.1, -0.05) is 155 Å². The van der Waals surface area contributed by atoms with E-state index in [2.05, 4.69) is 197 Å². The van der Waals surface area contributed by atoms with E-state index in [-0.39, 0.29) is 16.4 Å². The number of fused-ring (bicyclic) bond motifs is 11. The molecule has 1 heterocycles. The van der Waals surface area contributed by atoms with Gasteiger partial charge in [0.2, 0.25) is 0 Å². The molecule has 0 aliphatic heterocycles. The lowest BCUT2D eigenvalue weighted by Crippen LogP contribution is -2.42. The van der Waals surface area contributed by atoms with Gasteiger partial charge in [-0.2, -0.15) is 0 Å². The van der Waals surface area contributed by atoms with Crippen molar-refractivity contribution < 1.29 is 0 Å². The van der Waals surface area contributed by atoms with Gasteiger partial charge in [0.1, 0.15) is 0 Å². The summed E-state index contributed by atoms with van der Waals surface area (Å²) in [5.41, 5.74) is 15.7. The number of hydrogen-bond donors (Lipinski definition) is 0. The van der Waals surface area contributed by atoms with Gasteiger partial charge in [-0.25, -0.2) is 0 Å². The maximum Gasteiger partial charge on any atom is 0.0643 e. The minimum Gasteiger partial charge on any atom is -0.332 e. The van der Waals surface area contributed by atoms with Crippen LogP contribution in [-0.2, 0) is 10.8 Å². The fourth-order valence-electron chi connectivity index (χ4n) is 10.3. The molecule has 0 saturated heterocycles. The summed E-state index contributed by atoms with van der Waals surface area (Å²) >= 11 is 1.94. The Balaban J connectivity index is 1.10. The SMILES string of the molecule is CC1(C)c2ccccc2-c2ccc(N(c3ccc4c(c3)-c3c(ccc5c3sc3ccccc35)C4(C)C)[C@@]3(C)C=CC(c4cccc5ccccc45)=CC3)cc21. The van der Waals surface area contributed by atoms with Gasteiger partial charge in [-0.3, -0.25) is 0 Å². The Kier molecular flexibility index (Phi) is 6.79. The monoisotopic (exact) mass is 725 g/mol. The summed E-state index contributed by atoms with van der Waals surface area (Å²) in [5.74, 6) is 0. The van der Waals surface area contributed by atoms with Crippen LogP contribution in [0.3, 0.4) is 0 Å². The molecule has 0 spiro atoms. The lowest BCUT2D eigenvalue weighted by Gasteiger charge is -2.43. The van der Waals surface area contributed by atoms with Crippen molar-refractivity contribution in [3.63, 3.8) is 0 Å². The molecule has 1 aromatic heterocycles. The summed E-state index contributed by atoms with van der Waals surface area (Å²) in [6, 6.07) is 52.6. The van der Waals surface area contributed by atoms with Gasteiger partial charge >= 0.3 is 0 Å². The van der Waals surface area contributed by atoms with Gasteiger partial charge in [0.05, 0.1) is 5.54 Å². The van der Waals surface area contributed by atoms with Gasteiger partial charge in [0.15, 0.2) is 0 Å². The van der Waals surface area contributed by atoms with Crippen LogP contribution < -0.4 is 4.90 Å². The van der Waals surface area contributed by atoms with Gasteiger partial charge in [-0.05, 0) is 105 Å². The third-order valence-electron chi connectivity index (χ3n) is 13.2. The first-order valence-electron chi connectivity index (χ1n) is 19.7. The van der Waals surface area contributed by atoms with E-state index in [1.54, 1.807) is 0 Å². The van der Waals surface area contributed by atoms with E-state index in [4.69, 9.17) is 0 Å². The second kappa shape index (κ2) is 11.4. The topological polar surface area (TPSA) is 3.24 Å². The number of allylic oxidation sites excluding steroid dienone is 2. The summed E-state index contributed by atoms with van der Waals surface area (Å²) in [4.78, 5) is 2.63. The minimum atomic E-state index is -0.313. The number of rotatable bonds is 4. The fraction of sp³-hybridized carbons (Fsp3) is 0.170. The highest BCUT2D eigenvalue weighted by Gasteiger charge is 2.41. The third kappa shape index (κ3) is 4.58. The summed E-state index contributed by atoms with van der Waals surface area (Å²) in [6.07, 6.45) is 8.18. The van der Waals surface area contributed by atoms with Crippen LogP contribution in [0.5, 0.6) is 0 Å². The largest absolute Gasteiger partial charge is 0.332 e. The highest BCUT2D eigenvalue weighted by Crippen LogP contribution is 2.56. The van der Waals surface area contributed by atoms with E-state index in [0.29, 0.717) is 0 Å². The predicted octanol–water partition coefficient (Wildman–Crippen LogP) is 14.8. The van der Waals surface area contributed by atoms with E-state index in [9.17, 15) is 0 Å². The molecule has 0 radical (unpaired) electrons. The van der Waals surface area contributed by atoms with Crippen LogP contribution in [0, 0.1) is 0 Å². The van der Waals surface area contributed by atoms with Crippen LogP contribution >= 0.6 is 11.3 Å². The first-order valence-corrected chi connectivity index (χ1v) is 20.5. The fourth-order valence-corrected chi connectivity index (χ4v) is 11.5. The normalized spacial score (nSPS) is 18.6. The van der Waals surface area contributed by atoms with Gasteiger partial charge in [0, 0.05) is 47.9 Å². The van der Waals surface area contributed by atoms with Gasteiger partial charge in [0.25, 0.3) is 0 Å². The van der Waals surface area contributed by atoms with Crippen LogP contribution in [0.25, 0.3) is 58.8 Å². The number of anilines is 2. The van der Waals surface area contributed by atoms with Crippen LogP contribution in [0.4, 0.5) is 11.4 Å². The maximum absolute atomic E-state index is 2.63. The molecule has 1 nitrogen and oxygen atoms in total. The number of thiophene rings is 1. The second-order valence-corrected chi connectivity index (χ2v) is 18.2. The molecule has 11 rings (SSSR count). The van der Waals surface area contributed by atoms with Crippen molar-refractivity contribution in [2.45, 2.75) is 57.4 Å². The van der Waals surface area contributed by atoms with Crippen molar-refractivity contribution >= 4 is 59.2 Å². The number of hydrogen-bond acceptors (Lipinski definition) is 2. The molecule has 0 bridgehead atoms. The highest BCUT2D eigenvalue weighted by molar-refractivity contribution is 7.26. The Morgan fingerprint density at radius 1 is 0.509 bits per heavy atom. The molecule has 0 saturated carbocycles. The quantitative estimate of drug-likeness (QED) is 0.175. The molecule has 8 aromatic rings. The van der Waals surface area contributed by atoms with Crippen LogP contribution in [0.2, 0.25) is 0 Å². The average molecular weight is 726 g/mol. The van der Waals surface area contributed by atoms with E-state index in [0.717, 1.165) is 6.42 Å². The van der Waals surface area contributed by atoms with Crippen molar-refractivity contribution in [2.24, 2.45) is 0 Å². The Morgan fingerprint density at radius 3 is 2.02 bits per heavy atom. The van der Waals surface area contributed by atoms with Gasteiger partial charge < -0.3 is 4.90 Å². The zero-order valence-corrected chi connectivity index (χ0v) is 32.9. The first-order chi connectivity index (χ1) is 26.6. The summed E-state index contributed by atoms with van der Waals surface area (Å²) < 4.78 is 2.75. The van der Waals surface area contributed by atoms with Crippen molar-refractivity contribution in [3.8, 4) is 22.3 Å². The molecular weight excluding hydrogens is 683 g/mol. The van der Waals surface area contributed by atoms with E-state index in [1.807, 2.05) is 11.3 Å². The predicted molar refractivity (Wildman–Crippen MR) is 237 cm³/mol. The lowest BCUT2D eigenvalue weighted by atomic mass is 9.81. The van der Waals surface area contributed by atoms with Crippen LogP contribution in [0.15, 0.2) is 158 Å². The van der Waals surface area contributed by atoms with Crippen molar-refractivity contribution in [1.82, 2.24) is 0 Å². The Hall–Kier alpha value is -5.70. The molecule has 55 heavy (non-hydrogen) atoms. The average Bonchev–Trinajstić information content (AvgIpc) is 3.77. The summed E-state index contributed by atoms with van der Waals surface area (Å²) in [7, 11) is 0. The van der Waals surface area contributed by atoms with E-state index >= 15 is 0 Å². The Morgan fingerprint density at radius 2 is 1.16 bits per heavy atom. The zero-order valence-electron chi connectivity index (χ0n) is 32.1. The molecule has 3 aliphatic carbocycles. The molecule has 2 heteroatoms. The minimum absolute atomic E-state index is 0.0908. The molecule has 0 amide bonds. The molecule has 0 unspecified atom stereocenters. The van der Waals surface area contributed by atoms with Crippen molar-refractivity contribution in [1.29, 1.82) is 0 Å². The molecule has 1 atom stereocenters. The third-order valence-corrected chi connectivity index (χ3v) is 14.4. The molecule has 3 aliphatic rings. The smallest absolute Gasteiger partial charge is 0.0643 e. The lowest BCUT2D eigenvalue weighted by molar-refractivity contribution is 0.570. The van der Waals surface area contributed by atoms with Crippen LogP contribution in [-0.4, -0.2) is 5.54 Å². The van der Waals surface area contributed by atoms with E-state index in [1.165, 1.54) is 98.0 Å². The molecule has 0 N–H and O–H groups in total. The van der Waals surface area contributed by atoms with Crippen LogP contribution in [0.1, 0.15) is 68.9 Å². The van der Waals surface area contributed by atoms with Crippen molar-refractivity contribution in [2.75, 3.05) is 4.90 Å². The van der Waals surface area contributed by atoms with Gasteiger partial charge in [-0.15, -0.1) is 11.3 Å². The Labute approximate surface area is 327 Å². The summed E-state index contributed by atoms with van der Waals surface area (Å²) in [6.45, 7) is 12.0. The number of nitrogens with zero attached hydrogens (tertiary/aromatic N) is 1. The molecular formula is C53H43NS.